The first-order valence-corrected chi connectivity index (χ1v) is 12.6. The maximum absolute atomic E-state index is 12.5. The van der Waals surface area contributed by atoms with Crippen LogP contribution in [0.1, 0.15) is 21.5 Å². The fourth-order valence-corrected chi connectivity index (χ4v) is 4.75. The number of benzene rings is 3. The highest BCUT2D eigenvalue weighted by Crippen LogP contribution is 2.34. The van der Waals surface area contributed by atoms with Crippen molar-refractivity contribution >= 4 is 68.0 Å². The number of nitrogens with zero attached hydrogens (tertiary/aromatic N) is 1. The molecule has 0 saturated heterocycles. The van der Waals surface area contributed by atoms with Gasteiger partial charge in [0.25, 0.3) is 5.91 Å². The number of hydrogen-bond donors (Lipinski definition) is 1. The SMILES string of the molecule is CS(=O)(=O)N(Cc1ccc(C(=O)NCc2ccc(Cl)cc2Cl)cc1)c1cccc(Cl)c1Cl. The van der Waals surface area contributed by atoms with Crippen LogP contribution < -0.4 is 9.62 Å². The minimum atomic E-state index is -3.64. The van der Waals surface area contributed by atoms with Crippen LogP contribution in [0.15, 0.2) is 60.7 Å². The average molecular weight is 532 g/mol. The molecule has 3 aromatic rings. The molecule has 5 nitrogen and oxygen atoms in total. The monoisotopic (exact) mass is 530 g/mol. The van der Waals surface area contributed by atoms with E-state index >= 15 is 0 Å². The molecular weight excluding hydrogens is 514 g/mol. The number of anilines is 1. The first-order valence-electron chi connectivity index (χ1n) is 9.29. The van der Waals surface area contributed by atoms with Gasteiger partial charge in [0.2, 0.25) is 10.0 Å². The molecule has 0 aromatic heterocycles. The number of halogens is 4. The van der Waals surface area contributed by atoms with Gasteiger partial charge in [0.1, 0.15) is 0 Å². The molecule has 168 valence electrons. The van der Waals surface area contributed by atoms with Crippen LogP contribution in [-0.4, -0.2) is 20.6 Å². The van der Waals surface area contributed by atoms with Crippen molar-refractivity contribution in [2.24, 2.45) is 0 Å². The Morgan fingerprint density at radius 1 is 0.938 bits per heavy atom. The molecule has 1 N–H and O–H groups in total. The number of hydrogen-bond acceptors (Lipinski definition) is 3. The van der Waals surface area contributed by atoms with Gasteiger partial charge in [-0.25, -0.2) is 8.42 Å². The lowest BCUT2D eigenvalue weighted by atomic mass is 10.1. The first kappa shape index (κ1) is 24.7. The van der Waals surface area contributed by atoms with Gasteiger partial charge in [0.05, 0.1) is 28.5 Å². The lowest BCUT2D eigenvalue weighted by Gasteiger charge is -2.24. The predicted octanol–water partition coefficient (Wildman–Crippen LogP) is 6.20. The number of rotatable bonds is 7. The van der Waals surface area contributed by atoms with Gasteiger partial charge in [-0.15, -0.1) is 0 Å². The van der Waals surface area contributed by atoms with Crippen LogP contribution in [0.25, 0.3) is 0 Å². The maximum Gasteiger partial charge on any atom is 0.251 e. The molecule has 0 aliphatic carbocycles. The van der Waals surface area contributed by atoms with Crippen LogP contribution >= 0.6 is 46.4 Å². The fraction of sp³-hybridized carbons (Fsp3) is 0.136. The lowest BCUT2D eigenvalue weighted by molar-refractivity contribution is 0.0951. The molecule has 0 radical (unpaired) electrons. The zero-order chi connectivity index (χ0) is 23.5. The summed E-state index contributed by atoms with van der Waals surface area (Å²) in [4.78, 5) is 12.5. The van der Waals surface area contributed by atoms with Crippen molar-refractivity contribution in [2.75, 3.05) is 10.6 Å². The van der Waals surface area contributed by atoms with Gasteiger partial charge in [0, 0.05) is 22.2 Å². The minimum absolute atomic E-state index is 0.0289. The Bertz CT molecular complexity index is 1250. The number of carbonyl (C=O) groups excluding carboxylic acids is 1. The van der Waals surface area contributed by atoms with E-state index in [1.54, 1.807) is 60.7 Å². The number of amides is 1. The molecule has 1 amide bonds. The molecule has 0 aliphatic heterocycles. The molecule has 10 heteroatoms. The molecule has 0 spiro atoms. The lowest BCUT2D eigenvalue weighted by Crippen LogP contribution is -2.29. The Labute approximate surface area is 206 Å². The van der Waals surface area contributed by atoms with Crippen LogP contribution in [0.3, 0.4) is 0 Å². The topological polar surface area (TPSA) is 66.5 Å². The highest BCUT2D eigenvalue weighted by molar-refractivity contribution is 7.92. The largest absolute Gasteiger partial charge is 0.348 e. The van der Waals surface area contributed by atoms with E-state index in [2.05, 4.69) is 5.32 Å². The Morgan fingerprint density at radius 2 is 1.62 bits per heavy atom. The Morgan fingerprint density at radius 3 is 2.25 bits per heavy atom. The van der Waals surface area contributed by atoms with Crippen molar-refractivity contribution in [3.63, 3.8) is 0 Å². The third kappa shape index (κ3) is 6.09. The normalized spacial score (nSPS) is 11.3. The van der Waals surface area contributed by atoms with E-state index in [-0.39, 0.29) is 34.7 Å². The second-order valence-corrected chi connectivity index (χ2v) is 10.5. The summed E-state index contributed by atoms with van der Waals surface area (Å²) in [7, 11) is -3.64. The minimum Gasteiger partial charge on any atom is -0.348 e. The summed E-state index contributed by atoms with van der Waals surface area (Å²) in [5, 5.41) is 4.18. The quantitative estimate of drug-likeness (QED) is 0.395. The second kappa shape index (κ2) is 10.3. The molecule has 3 aromatic carbocycles. The van der Waals surface area contributed by atoms with Gasteiger partial charge in [-0.05, 0) is 47.5 Å². The van der Waals surface area contributed by atoms with E-state index in [1.807, 2.05) is 0 Å². The molecule has 0 atom stereocenters. The van der Waals surface area contributed by atoms with E-state index < -0.39 is 10.0 Å². The molecule has 0 unspecified atom stereocenters. The smallest absolute Gasteiger partial charge is 0.251 e. The van der Waals surface area contributed by atoms with Gasteiger partial charge in [0.15, 0.2) is 0 Å². The van der Waals surface area contributed by atoms with Crippen LogP contribution in [-0.2, 0) is 23.1 Å². The van der Waals surface area contributed by atoms with Gasteiger partial charge < -0.3 is 5.32 Å². The summed E-state index contributed by atoms with van der Waals surface area (Å²) >= 11 is 24.3. The summed E-state index contributed by atoms with van der Waals surface area (Å²) < 4.78 is 25.9. The first-order chi connectivity index (χ1) is 15.1. The molecule has 3 rings (SSSR count). The fourth-order valence-electron chi connectivity index (χ4n) is 2.94. The number of sulfonamides is 1. The number of nitrogens with one attached hydrogen (secondary N) is 1. The molecule has 0 saturated carbocycles. The summed E-state index contributed by atoms with van der Waals surface area (Å²) in [6.07, 6.45) is 1.09. The Hall–Kier alpha value is -1.96. The summed E-state index contributed by atoms with van der Waals surface area (Å²) in [5.41, 5.74) is 2.11. The number of carbonyl (C=O) groups is 1. The van der Waals surface area contributed by atoms with Crippen molar-refractivity contribution < 1.29 is 13.2 Å². The van der Waals surface area contributed by atoms with E-state index in [0.717, 1.165) is 11.8 Å². The summed E-state index contributed by atoms with van der Waals surface area (Å²) in [5.74, 6) is -0.291. The van der Waals surface area contributed by atoms with Gasteiger partial charge in [-0.2, -0.15) is 0 Å². The van der Waals surface area contributed by atoms with Crippen molar-refractivity contribution in [2.45, 2.75) is 13.1 Å². The van der Waals surface area contributed by atoms with Crippen LogP contribution in [0.5, 0.6) is 0 Å². The van der Waals surface area contributed by atoms with Crippen molar-refractivity contribution in [1.29, 1.82) is 0 Å². The predicted molar refractivity (Wildman–Crippen MR) is 132 cm³/mol. The van der Waals surface area contributed by atoms with Crippen LogP contribution in [0, 0.1) is 0 Å². The molecule has 0 fully saturated rings. The third-order valence-corrected chi connectivity index (χ3v) is 7.12. The highest BCUT2D eigenvalue weighted by atomic mass is 35.5. The highest BCUT2D eigenvalue weighted by Gasteiger charge is 2.21. The zero-order valence-electron chi connectivity index (χ0n) is 16.8. The summed E-state index contributed by atoms with van der Waals surface area (Å²) in [6.45, 7) is 0.271. The summed E-state index contributed by atoms with van der Waals surface area (Å²) in [6, 6.07) is 16.4. The third-order valence-electron chi connectivity index (χ3n) is 4.60. The van der Waals surface area contributed by atoms with Gasteiger partial charge in [-0.1, -0.05) is 70.7 Å². The van der Waals surface area contributed by atoms with Gasteiger partial charge >= 0.3 is 0 Å². The Kier molecular flexibility index (Phi) is 7.96. The van der Waals surface area contributed by atoms with Crippen LogP contribution in [0.4, 0.5) is 5.69 Å². The second-order valence-electron chi connectivity index (χ2n) is 6.96. The Balaban J connectivity index is 1.73. The maximum atomic E-state index is 12.5. The molecule has 0 aliphatic rings. The molecular formula is C22H18Cl4N2O3S. The van der Waals surface area contributed by atoms with Gasteiger partial charge in [-0.3, -0.25) is 9.10 Å². The molecule has 0 heterocycles. The molecule has 32 heavy (non-hydrogen) atoms. The van der Waals surface area contributed by atoms with E-state index in [4.69, 9.17) is 46.4 Å². The average Bonchev–Trinajstić information content (AvgIpc) is 2.73. The van der Waals surface area contributed by atoms with Crippen molar-refractivity contribution in [3.8, 4) is 0 Å². The van der Waals surface area contributed by atoms with Crippen molar-refractivity contribution in [1.82, 2.24) is 5.32 Å². The van der Waals surface area contributed by atoms with Crippen LogP contribution in [0.2, 0.25) is 20.1 Å². The molecule has 0 bridgehead atoms. The van der Waals surface area contributed by atoms with E-state index in [1.165, 1.54) is 4.31 Å². The van der Waals surface area contributed by atoms with E-state index in [0.29, 0.717) is 21.2 Å². The van der Waals surface area contributed by atoms with E-state index in [9.17, 15) is 13.2 Å². The zero-order valence-corrected chi connectivity index (χ0v) is 20.6. The standard InChI is InChI=1S/C22H18Cl4N2O3S/c1-32(30,31)28(20-4-2-3-18(24)21(20)26)13-14-5-7-15(8-6-14)22(29)27-12-16-9-10-17(23)11-19(16)25/h2-11H,12-13H2,1H3,(H,27,29). The van der Waals surface area contributed by atoms with Crippen molar-refractivity contribution in [3.05, 3.63) is 97.4 Å².